The molecule has 19 heavy (non-hydrogen) atoms. The second-order valence-electron chi connectivity index (χ2n) is 4.96. The molecule has 0 spiro atoms. The minimum atomic E-state index is -1.22. The van der Waals surface area contributed by atoms with Crippen LogP contribution in [0, 0.1) is 0 Å². The van der Waals surface area contributed by atoms with Gasteiger partial charge in [0.05, 0.1) is 0 Å². The summed E-state index contributed by atoms with van der Waals surface area (Å²) in [6.07, 6.45) is 2.29. The zero-order valence-electron chi connectivity index (χ0n) is 10.4. The summed E-state index contributed by atoms with van der Waals surface area (Å²) in [6.45, 7) is 3.33. The highest BCUT2D eigenvalue weighted by Gasteiger charge is 2.33. The van der Waals surface area contributed by atoms with E-state index in [-0.39, 0.29) is 17.4 Å². The van der Waals surface area contributed by atoms with Crippen molar-refractivity contribution in [2.24, 2.45) is 0 Å². The molecule has 0 aliphatic carbocycles. The van der Waals surface area contributed by atoms with Gasteiger partial charge in [0.2, 0.25) is 5.76 Å². The van der Waals surface area contributed by atoms with Crippen molar-refractivity contribution in [2.45, 2.75) is 18.9 Å². The van der Waals surface area contributed by atoms with Crippen LogP contribution in [-0.4, -0.2) is 64.2 Å². The second-order valence-corrected chi connectivity index (χ2v) is 4.96. The Kier molecular flexibility index (Phi) is 2.98. The highest BCUT2D eigenvalue weighted by molar-refractivity contribution is 5.94. The summed E-state index contributed by atoms with van der Waals surface area (Å²) in [5.41, 5.74) is 0.0730. The third kappa shape index (κ3) is 2.21. The number of nitrogens with zero attached hydrogens (tertiary/aromatic N) is 3. The van der Waals surface area contributed by atoms with E-state index in [1.807, 2.05) is 0 Å². The highest BCUT2D eigenvalue weighted by Crippen LogP contribution is 2.22. The van der Waals surface area contributed by atoms with Crippen molar-refractivity contribution in [2.75, 3.05) is 26.2 Å². The molecule has 1 aromatic heterocycles. The average Bonchev–Trinajstić information content (AvgIpc) is 3.06. The molecule has 0 saturated carbocycles. The Hall–Kier alpha value is -1.89. The first-order chi connectivity index (χ1) is 9.15. The molecule has 1 amide bonds. The number of carboxylic acid groups (broad SMARTS) is 1. The normalized spacial score (nSPS) is 23.4. The van der Waals surface area contributed by atoms with Crippen LogP contribution < -0.4 is 0 Å². The van der Waals surface area contributed by atoms with Crippen LogP contribution in [0.1, 0.15) is 33.9 Å². The predicted molar refractivity (Wildman–Crippen MR) is 64.0 cm³/mol. The number of aromatic carboxylic acids is 1. The molecule has 1 unspecified atom stereocenters. The SMILES string of the molecule is O=C(O)c1cc(C(=O)N2CCN3CCCC3C2)no1. The average molecular weight is 265 g/mol. The number of carboxylic acids is 1. The summed E-state index contributed by atoms with van der Waals surface area (Å²) in [6, 6.07) is 1.62. The molecule has 2 saturated heterocycles. The number of aromatic nitrogens is 1. The van der Waals surface area contributed by atoms with E-state index in [1.54, 1.807) is 4.90 Å². The van der Waals surface area contributed by atoms with Crippen LogP contribution in [0.3, 0.4) is 0 Å². The quantitative estimate of drug-likeness (QED) is 0.827. The van der Waals surface area contributed by atoms with Crippen molar-refractivity contribution in [3.05, 3.63) is 17.5 Å². The number of carbonyl (C=O) groups is 2. The molecule has 2 aliphatic heterocycles. The van der Waals surface area contributed by atoms with E-state index < -0.39 is 5.97 Å². The van der Waals surface area contributed by atoms with Gasteiger partial charge in [-0.05, 0) is 19.4 Å². The lowest BCUT2D eigenvalue weighted by Gasteiger charge is -2.37. The summed E-state index contributed by atoms with van der Waals surface area (Å²) >= 11 is 0. The highest BCUT2D eigenvalue weighted by atomic mass is 16.5. The Labute approximate surface area is 109 Å². The van der Waals surface area contributed by atoms with Crippen molar-refractivity contribution < 1.29 is 19.2 Å². The third-order valence-corrected chi connectivity index (χ3v) is 3.81. The molecule has 0 aromatic carbocycles. The van der Waals surface area contributed by atoms with Crippen LogP contribution in [0.4, 0.5) is 0 Å². The molecular formula is C12H15N3O4. The maximum atomic E-state index is 12.2. The standard InChI is InChI=1S/C12H15N3O4/c16-11(9-6-10(12(17)18)19-13-9)15-5-4-14-3-1-2-8(14)7-15/h6,8H,1-5,7H2,(H,17,18). The smallest absolute Gasteiger partial charge is 0.374 e. The van der Waals surface area contributed by atoms with E-state index in [0.717, 1.165) is 19.5 Å². The van der Waals surface area contributed by atoms with Gasteiger partial charge in [0.25, 0.3) is 5.91 Å². The van der Waals surface area contributed by atoms with Crippen molar-refractivity contribution in [3.8, 4) is 0 Å². The molecule has 0 bridgehead atoms. The third-order valence-electron chi connectivity index (χ3n) is 3.81. The molecule has 1 atom stereocenters. The fraction of sp³-hybridized carbons (Fsp3) is 0.583. The lowest BCUT2D eigenvalue weighted by molar-refractivity contribution is 0.0559. The van der Waals surface area contributed by atoms with Gasteiger partial charge < -0.3 is 14.5 Å². The predicted octanol–water partition coefficient (Wildman–Crippen LogP) is 0.293. The fourth-order valence-corrected chi connectivity index (χ4v) is 2.81. The van der Waals surface area contributed by atoms with Gasteiger partial charge in [0, 0.05) is 31.7 Å². The molecular weight excluding hydrogens is 250 g/mol. The summed E-state index contributed by atoms with van der Waals surface area (Å²) in [5.74, 6) is -1.77. The van der Waals surface area contributed by atoms with Gasteiger partial charge in [-0.25, -0.2) is 4.79 Å². The molecule has 1 aromatic rings. The van der Waals surface area contributed by atoms with Crippen LogP contribution in [-0.2, 0) is 0 Å². The molecule has 2 aliphatic rings. The number of amides is 1. The van der Waals surface area contributed by atoms with Crippen LogP contribution in [0.2, 0.25) is 0 Å². The summed E-state index contributed by atoms with van der Waals surface area (Å²) < 4.78 is 4.62. The van der Waals surface area contributed by atoms with E-state index in [1.165, 1.54) is 12.5 Å². The van der Waals surface area contributed by atoms with Gasteiger partial charge in [0.1, 0.15) is 0 Å². The molecule has 1 N–H and O–H groups in total. The summed E-state index contributed by atoms with van der Waals surface area (Å²) in [7, 11) is 0. The summed E-state index contributed by atoms with van der Waals surface area (Å²) in [5, 5.41) is 12.3. The van der Waals surface area contributed by atoms with Crippen LogP contribution in [0.5, 0.6) is 0 Å². The Morgan fingerprint density at radius 2 is 2.21 bits per heavy atom. The largest absolute Gasteiger partial charge is 0.475 e. The van der Waals surface area contributed by atoms with Crippen LogP contribution in [0.15, 0.2) is 10.6 Å². The van der Waals surface area contributed by atoms with Gasteiger partial charge in [0.15, 0.2) is 5.69 Å². The number of hydrogen-bond donors (Lipinski definition) is 1. The Balaban J connectivity index is 1.71. The van der Waals surface area contributed by atoms with Gasteiger partial charge in [-0.3, -0.25) is 9.69 Å². The first-order valence-corrected chi connectivity index (χ1v) is 6.38. The van der Waals surface area contributed by atoms with Gasteiger partial charge >= 0.3 is 5.97 Å². The maximum absolute atomic E-state index is 12.2. The molecule has 3 rings (SSSR count). The van der Waals surface area contributed by atoms with Crippen LogP contribution >= 0.6 is 0 Å². The summed E-state index contributed by atoms with van der Waals surface area (Å²) in [4.78, 5) is 27.0. The van der Waals surface area contributed by atoms with E-state index in [4.69, 9.17) is 5.11 Å². The lowest BCUT2D eigenvalue weighted by atomic mass is 10.1. The van der Waals surface area contributed by atoms with E-state index in [0.29, 0.717) is 19.1 Å². The second kappa shape index (κ2) is 4.65. The van der Waals surface area contributed by atoms with Crippen LogP contribution in [0.25, 0.3) is 0 Å². The van der Waals surface area contributed by atoms with E-state index in [2.05, 4.69) is 14.6 Å². The first kappa shape index (κ1) is 12.2. The Bertz CT molecular complexity index is 513. The molecule has 102 valence electrons. The minimum Gasteiger partial charge on any atom is -0.475 e. The maximum Gasteiger partial charge on any atom is 0.374 e. The molecule has 2 fully saturated rings. The van der Waals surface area contributed by atoms with Crippen molar-refractivity contribution in [1.29, 1.82) is 0 Å². The minimum absolute atomic E-state index is 0.0730. The molecule has 3 heterocycles. The van der Waals surface area contributed by atoms with Crippen molar-refractivity contribution in [3.63, 3.8) is 0 Å². The Morgan fingerprint density at radius 1 is 1.37 bits per heavy atom. The van der Waals surface area contributed by atoms with Gasteiger partial charge in [-0.15, -0.1) is 0 Å². The molecule has 7 nitrogen and oxygen atoms in total. The molecule has 0 radical (unpaired) electrons. The van der Waals surface area contributed by atoms with Gasteiger partial charge in [-0.1, -0.05) is 5.16 Å². The monoisotopic (exact) mass is 265 g/mol. The van der Waals surface area contributed by atoms with E-state index in [9.17, 15) is 9.59 Å². The zero-order chi connectivity index (χ0) is 13.4. The lowest BCUT2D eigenvalue weighted by Crippen LogP contribution is -2.52. The first-order valence-electron chi connectivity index (χ1n) is 6.38. The number of carbonyl (C=O) groups excluding carboxylic acids is 1. The van der Waals surface area contributed by atoms with Crippen molar-refractivity contribution >= 4 is 11.9 Å². The number of fused-ring (bicyclic) bond motifs is 1. The number of piperazine rings is 1. The molecule has 7 heteroatoms. The fourth-order valence-electron chi connectivity index (χ4n) is 2.81. The van der Waals surface area contributed by atoms with E-state index >= 15 is 0 Å². The zero-order valence-corrected chi connectivity index (χ0v) is 10.4. The van der Waals surface area contributed by atoms with Gasteiger partial charge in [-0.2, -0.15) is 0 Å². The van der Waals surface area contributed by atoms with Crippen molar-refractivity contribution in [1.82, 2.24) is 15.0 Å². The number of hydrogen-bond acceptors (Lipinski definition) is 5. The topological polar surface area (TPSA) is 86.9 Å². The Morgan fingerprint density at radius 3 is 2.95 bits per heavy atom. The number of rotatable bonds is 2.